The van der Waals surface area contributed by atoms with Crippen molar-refractivity contribution in [3.8, 4) is 5.75 Å². The minimum Gasteiger partial charge on any atom is -0.405 e. The van der Waals surface area contributed by atoms with E-state index in [2.05, 4.69) is 39.2 Å². The van der Waals surface area contributed by atoms with E-state index in [1.54, 1.807) is 0 Å². The Morgan fingerprint density at radius 1 is 0.975 bits per heavy atom. The second-order valence-corrected chi connectivity index (χ2v) is 12.7. The first kappa shape index (κ1) is 28.4. The molecule has 1 N–H and O–H groups in total. The summed E-state index contributed by atoms with van der Waals surface area (Å²) < 4.78 is 69.5. The maximum atomic E-state index is 13.3. The third-order valence-corrected chi connectivity index (χ3v) is 9.40. The number of piperidine rings is 3. The van der Waals surface area contributed by atoms with Gasteiger partial charge in [0, 0.05) is 37.2 Å². The summed E-state index contributed by atoms with van der Waals surface area (Å²) in [4.78, 5) is 2.50. The second-order valence-electron chi connectivity index (χ2n) is 10.6. The zero-order valence-electron chi connectivity index (χ0n) is 22.5. The number of alkyl halides is 3. The topological polar surface area (TPSA) is 61.9 Å². The number of nitrogens with zero attached hydrogens (tertiary/aromatic N) is 2. The Bertz CT molecular complexity index is 1360. The lowest BCUT2D eigenvalue weighted by Gasteiger charge is -2.54. The molecule has 3 aromatic carbocycles. The van der Waals surface area contributed by atoms with E-state index in [0.29, 0.717) is 5.92 Å². The molecule has 10 heteroatoms. The molecular formula is C30H34F3N3O3S. The Labute approximate surface area is 233 Å². The Hall–Kier alpha value is -3.08. The van der Waals surface area contributed by atoms with Gasteiger partial charge in [0.05, 0.1) is 11.9 Å². The monoisotopic (exact) mass is 573 g/mol. The fraction of sp³-hybridized carbons (Fsp3) is 0.400. The lowest BCUT2D eigenvalue weighted by atomic mass is 9.70. The summed E-state index contributed by atoms with van der Waals surface area (Å²) in [6.07, 6.45) is -1.81. The molecule has 0 spiro atoms. The molecule has 2 atom stereocenters. The van der Waals surface area contributed by atoms with Gasteiger partial charge < -0.3 is 10.1 Å². The molecule has 6 rings (SSSR count). The Kier molecular flexibility index (Phi) is 8.13. The predicted molar refractivity (Wildman–Crippen MR) is 150 cm³/mol. The third kappa shape index (κ3) is 6.29. The molecule has 3 aromatic rings. The van der Waals surface area contributed by atoms with Gasteiger partial charge in [0.2, 0.25) is 10.0 Å². The van der Waals surface area contributed by atoms with Gasteiger partial charge in [-0.05, 0) is 61.2 Å². The number of nitrogens with one attached hydrogen (secondary N) is 1. The highest BCUT2D eigenvalue weighted by molar-refractivity contribution is 7.92. The summed E-state index contributed by atoms with van der Waals surface area (Å²) in [5.74, 6) is 0.0847. The average Bonchev–Trinajstić information content (AvgIpc) is 2.93. The molecule has 40 heavy (non-hydrogen) atoms. The molecule has 2 bridgehead atoms. The van der Waals surface area contributed by atoms with Crippen molar-refractivity contribution in [2.75, 3.05) is 30.7 Å². The molecule has 3 aliphatic rings. The van der Waals surface area contributed by atoms with Gasteiger partial charge in [-0.2, -0.15) is 0 Å². The van der Waals surface area contributed by atoms with Crippen molar-refractivity contribution >= 4 is 15.7 Å². The van der Waals surface area contributed by atoms with Crippen LogP contribution in [0.2, 0.25) is 0 Å². The highest BCUT2D eigenvalue weighted by Gasteiger charge is 2.46. The number of benzene rings is 3. The minimum absolute atomic E-state index is 0.00272. The first-order valence-corrected chi connectivity index (χ1v) is 15.3. The van der Waals surface area contributed by atoms with E-state index in [1.807, 2.05) is 36.4 Å². The number of ether oxygens (including phenoxy) is 1. The average molecular weight is 574 g/mol. The number of hydrogen-bond donors (Lipinski definition) is 1. The summed E-state index contributed by atoms with van der Waals surface area (Å²) in [5.41, 5.74) is 2.90. The molecule has 3 saturated heterocycles. The van der Waals surface area contributed by atoms with Crippen LogP contribution in [-0.2, 0) is 16.6 Å². The zero-order valence-corrected chi connectivity index (χ0v) is 23.3. The lowest BCUT2D eigenvalue weighted by molar-refractivity contribution is -0.274. The largest absolute Gasteiger partial charge is 0.573 e. The Morgan fingerprint density at radius 2 is 1.55 bits per heavy atom. The normalized spacial score (nSPS) is 22.9. The number of halogens is 3. The molecule has 3 aliphatic heterocycles. The first-order chi connectivity index (χ1) is 19.0. The van der Waals surface area contributed by atoms with E-state index in [1.165, 1.54) is 36.4 Å². The lowest BCUT2D eigenvalue weighted by Crippen LogP contribution is -2.64. The third-order valence-electron chi connectivity index (χ3n) is 8.19. The van der Waals surface area contributed by atoms with Crippen LogP contribution in [0, 0.1) is 5.92 Å². The Balaban J connectivity index is 1.50. The van der Waals surface area contributed by atoms with Crippen LogP contribution in [0.5, 0.6) is 5.75 Å². The van der Waals surface area contributed by atoms with Gasteiger partial charge in [-0.3, -0.25) is 9.21 Å². The molecule has 3 fully saturated rings. The first-order valence-electron chi connectivity index (χ1n) is 13.4. The molecule has 6 nitrogen and oxygen atoms in total. The van der Waals surface area contributed by atoms with E-state index in [-0.39, 0.29) is 41.5 Å². The number of rotatable bonds is 9. The summed E-state index contributed by atoms with van der Waals surface area (Å²) in [6, 6.07) is 24.7. The summed E-state index contributed by atoms with van der Waals surface area (Å²) in [7, 11) is -2.23. The van der Waals surface area contributed by atoms with Gasteiger partial charge in [0.15, 0.2) is 0 Å². The molecule has 0 aliphatic carbocycles. The van der Waals surface area contributed by atoms with E-state index in [4.69, 9.17) is 0 Å². The summed E-state index contributed by atoms with van der Waals surface area (Å²) in [6.45, 7) is 2.04. The van der Waals surface area contributed by atoms with Crippen LogP contribution in [-0.4, -0.2) is 58.2 Å². The fourth-order valence-electron chi connectivity index (χ4n) is 6.24. The molecule has 3 heterocycles. The smallest absolute Gasteiger partial charge is 0.405 e. The van der Waals surface area contributed by atoms with E-state index in [9.17, 15) is 21.6 Å². The SMILES string of the molecule is CN(c1ccc(OC(F)(F)F)c(CNC2C3CCN(CC3)C2C(c2ccccc2)c2ccccc2)c1)S(C)(=O)=O. The standard InChI is InChI=1S/C30H34F3N3O3S/c1-35(40(2,37)38)25-13-14-26(39-30(31,32)33)24(19-25)20-34-28-23-15-17-36(18-16-23)29(28)27(21-9-5-3-6-10-21)22-11-7-4-8-12-22/h3-14,19,23,27-29,34H,15-18,20H2,1-2H3. The van der Waals surface area contributed by atoms with Crippen LogP contribution in [0.25, 0.3) is 0 Å². The van der Waals surface area contributed by atoms with Gasteiger partial charge in [0.25, 0.3) is 0 Å². The van der Waals surface area contributed by atoms with Crippen LogP contribution in [0.3, 0.4) is 0 Å². The quantitative estimate of drug-likeness (QED) is 0.373. The molecule has 0 aromatic heterocycles. The van der Waals surface area contributed by atoms with Gasteiger partial charge in [0.1, 0.15) is 5.75 Å². The van der Waals surface area contributed by atoms with E-state index < -0.39 is 16.4 Å². The highest BCUT2D eigenvalue weighted by Crippen LogP contribution is 2.42. The van der Waals surface area contributed by atoms with Crippen LogP contribution in [0.15, 0.2) is 78.9 Å². The van der Waals surface area contributed by atoms with Crippen LogP contribution in [0.4, 0.5) is 18.9 Å². The van der Waals surface area contributed by atoms with Crippen LogP contribution in [0.1, 0.15) is 35.4 Å². The van der Waals surface area contributed by atoms with E-state index in [0.717, 1.165) is 36.5 Å². The van der Waals surface area contributed by atoms with Crippen molar-refractivity contribution in [2.24, 2.45) is 5.92 Å². The van der Waals surface area contributed by atoms with Crippen molar-refractivity contribution in [1.29, 1.82) is 0 Å². The molecule has 2 unspecified atom stereocenters. The van der Waals surface area contributed by atoms with Crippen molar-refractivity contribution in [1.82, 2.24) is 10.2 Å². The molecule has 0 amide bonds. The van der Waals surface area contributed by atoms with Crippen molar-refractivity contribution in [2.45, 2.75) is 43.8 Å². The number of sulfonamides is 1. The van der Waals surface area contributed by atoms with Crippen molar-refractivity contribution in [3.05, 3.63) is 95.6 Å². The molecule has 214 valence electrons. The summed E-state index contributed by atoms with van der Waals surface area (Å²) >= 11 is 0. The number of fused-ring (bicyclic) bond motifs is 3. The number of anilines is 1. The maximum absolute atomic E-state index is 13.3. The fourth-order valence-corrected chi connectivity index (χ4v) is 6.74. The second kappa shape index (κ2) is 11.4. The number of hydrogen-bond acceptors (Lipinski definition) is 5. The Morgan fingerprint density at radius 3 is 2.08 bits per heavy atom. The summed E-state index contributed by atoms with van der Waals surface area (Å²) in [5, 5.41) is 3.61. The molecular weight excluding hydrogens is 539 g/mol. The van der Waals surface area contributed by atoms with Crippen LogP contribution >= 0.6 is 0 Å². The van der Waals surface area contributed by atoms with Gasteiger partial charge in [-0.1, -0.05) is 60.7 Å². The highest BCUT2D eigenvalue weighted by atomic mass is 32.2. The maximum Gasteiger partial charge on any atom is 0.573 e. The zero-order chi connectivity index (χ0) is 28.5. The van der Waals surface area contributed by atoms with Crippen LogP contribution < -0.4 is 14.4 Å². The van der Waals surface area contributed by atoms with Crippen molar-refractivity contribution in [3.63, 3.8) is 0 Å². The van der Waals surface area contributed by atoms with Gasteiger partial charge in [-0.15, -0.1) is 13.2 Å². The molecule has 0 radical (unpaired) electrons. The van der Waals surface area contributed by atoms with Gasteiger partial charge >= 0.3 is 6.36 Å². The minimum atomic E-state index is -4.87. The van der Waals surface area contributed by atoms with E-state index >= 15 is 0 Å². The van der Waals surface area contributed by atoms with Crippen molar-refractivity contribution < 1.29 is 26.3 Å². The predicted octanol–water partition coefficient (Wildman–Crippen LogP) is 5.37. The van der Waals surface area contributed by atoms with Gasteiger partial charge in [-0.25, -0.2) is 8.42 Å². The molecule has 0 saturated carbocycles.